The van der Waals surface area contributed by atoms with E-state index in [1.54, 1.807) is 24.3 Å². The van der Waals surface area contributed by atoms with Crippen molar-refractivity contribution < 1.29 is 9.13 Å². The van der Waals surface area contributed by atoms with Crippen molar-refractivity contribution in [1.82, 2.24) is 18.6 Å². The number of nitrogens with zero attached hydrogens (tertiary/aromatic N) is 4. The van der Waals surface area contributed by atoms with Crippen LogP contribution < -0.4 is 26.9 Å². The fourth-order valence-corrected chi connectivity index (χ4v) is 5.63. The third-order valence-corrected chi connectivity index (χ3v) is 8.01. The van der Waals surface area contributed by atoms with Crippen LogP contribution in [-0.2, 0) is 7.05 Å². The molecule has 11 heteroatoms. The van der Waals surface area contributed by atoms with Crippen LogP contribution >= 0.6 is 15.9 Å². The minimum absolute atomic E-state index is 0.0984. The number of rotatable bonds is 8. The minimum atomic E-state index is -0.558. The van der Waals surface area contributed by atoms with E-state index in [1.807, 2.05) is 6.07 Å². The molecular weight excluding hydrogens is 581 g/mol. The number of hydrogen-bond donors (Lipinski definition) is 1. The zero-order valence-corrected chi connectivity index (χ0v) is 23.6. The summed E-state index contributed by atoms with van der Waals surface area (Å²) in [7, 11) is 1.52. The van der Waals surface area contributed by atoms with Crippen molar-refractivity contribution in [1.29, 1.82) is 0 Å². The van der Waals surface area contributed by atoms with E-state index in [0.29, 0.717) is 35.4 Å². The third kappa shape index (κ3) is 4.99. The smallest absolute Gasteiger partial charge is 0.337 e. The summed E-state index contributed by atoms with van der Waals surface area (Å²) in [5.41, 5.74) is -0.698. The van der Waals surface area contributed by atoms with Crippen molar-refractivity contribution in [3.05, 3.63) is 90.0 Å². The first kappa shape index (κ1) is 26.5. The maximum atomic E-state index is 14.8. The molecule has 2 aromatic heterocycles. The van der Waals surface area contributed by atoms with Crippen LogP contribution in [0.4, 0.5) is 15.8 Å². The zero-order chi connectivity index (χ0) is 28.0. The van der Waals surface area contributed by atoms with Gasteiger partial charge in [-0.05, 0) is 69.1 Å². The normalized spacial score (nSPS) is 15.6. The Bertz CT molecular complexity index is 1790. The molecule has 208 valence electrons. The van der Waals surface area contributed by atoms with Crippen molar-refractivity contribution >= 4 is 38.3 Å². The molecule has 3 heterocycles. The summed E-state index contributed by atoms with van der Waals surface area (Å²) in [5.74, 6) is 0.0231. The molecule has 9 nitrogen and oxygen atoms in total. The Labute approximate surface area is 237 Å². The molecule has 1 saturated carbocycles. The number of pyridine rings is 1. The Kier molecular flexibility index (Phi) is 7.09. The van der Waals surface area contributed by atoms with Crippen LogP contribution in [0.15, 0.2) is 67.4 Å². The number of fused-ring (bicyclic) bond motifs is 1. The lowest BCUT2D eigenvalue weighted by Gasteiger charge is -2.19. The Morgan fingerprint density at radius 3 is 2.52 bits per heavy atom. The second kappa shape index (κ2) is 10.7. The van der Waals surface area contributed by atoms with Gasteiger partial charge >= 0.3 is 5.69 Å². The molecule has 2 fully saturated rings. The van der Waals surface area contributed by atoms with Gasteiger partial charge in [-0.15, -0.1) is 0 Å². The molecule has 2 aromatic carbocycles. The van der Waals surface area contributed by atoms with Crippen LogP contribution in [0.2, 0.25) is 0 Å². The van der Waals surface area contributed by atoms with E-state index in [1.165, 1.54) is 51.8 Å². The van der Waals surface area contributed by atoms with Crippen LogP contribution in [0.25, 0.3) is 16.7 Å². The molecule has 1 saturated heterocycles. The summed E-state index contributed by atoms with van der Waals surface area (Å²) in [4.78, 5) is 43.2. The first-order chi connectivity index (χ1) is 19.3. The number of nitrogens with one attached hydrogen (secondary N) is 1. The van der Waals surface area contributed by atoms with Crippen LogP contribution in [0.3, 0.4) is 0 Å². The fourth-order valence-electron chi connectivity index (χ4n) is 5.30. The number of ether oxygens (including phenoxy) is 1. The number of halogens is 2. The molecule has 0 unspecified atom stereocenters. The number of hydrogen-bond acceptors (Lipinski definition) is 6. The van der Waals surface area contributed by atoms with Gasteiger partial charge < -0.3 is 10.1 Å². The first-order valence-corrected chi connectivity index (χ1v) is 14.2. The lowest BCUT2D eigenvalue weighted by atomic mass is 10.2. The van der Waals surface area contributed by atoms with Gasteiger partial charge in [0.05, 0.1) is 17.1 Å². The van der Waals surface area contributed by atoms with Crippen LogP contribution in [-0.4, -0.2) is 44.8 Å². The summed E-state index contributed by atoms with van der Waals surface area (Å²) < 4.78 is 25.2. The number of benzene rings is 2. The molecule has 6 rings (SSSR count). The number of aryl methyl sites for hydroxylation is 1. The molecule has 0 bridgehead atoms. The lowest BCUT2D eigenvalue weighted by molar-refractivity contribution is 0.238. The summed E-state index contributed by atoms with van der Waals surface area (Å²) >= 11 is 3.24. The molecule has 1 aliphatic heterocycles. The standard InChI is InChI=1S/C29H29BrFN5O4/c1-33-25(37)17-24(32-23-10-7-18(30)15-22(23)31)26-27(33)35(29(39)36(28(26)38)19-8-9-19)20-5-4-6-21(16-20)40-14-13-34-11-2-3-12-34/h4-7,10,15-17,19,32H,2-3,8-9,11-14H2,1H3. The number of likely N-dealkylation sites (tertiary alicyclic amines) is 1. The monoisotopic (exact) mass is 609 g/mol. The van der Waals surface area contributed by atoms with E-state index in [9.17, 15) is 18.8 Å². The number of aromatic nitrogens is 3. The lowest BCUT2D eigenvalue weighted by Crippen LogP contribution is -2.41. The molecule has 1 aliphatic carbocycles. The topological polar surface area (TPSA) is 90.5 Å². The highest BCUT2D eigenvalue weighted by Gasteiger charge is 2.31. The van der Waals surface area contributed by atoms with E-state index < -0.39 is 22.6 Å². The average Bonchev–Trinajstić information content (AvgIpc) is 3.62. The molecule has 1 N–H and O–H groups in total. The Balaban J connectivity index is 1.51. The van der Waals surface area contributed by atoms with Gasteiger partial charge in [0.15, 0.2) is 0 Å². The van der Waals surface area contributed by atoms with E-state index in [2.05, 4.69) is 26.1 Å². The van der Waals surface area contributed by atoms with Crippen molar-refractivity contribution in [2.75, 3.05) is 31.6 Å². The summed E-state index contributed by atoms with van der Waals surface area (Å²) in [5, 5.41) is 3.06. The maximum absolute atomic E-state index is 14.8. The summed E-state index contributed by atoms with van der Waals surface area (Å²) in [6, 6.07) is 12.6. The molecule has 0 amide bonds. The highest BCUT2D eigenvalue weighted by atomic mass is 79.9. The molecular formula is C29H29BrFN5O4. The van der Waals surface area contributed by atoms with Gasteiger partial charge in [0.2, 0.25) is 0 Å². The highest BCUT2D eigenvalue weighted by Crippen LogP contribution is 2.34. The van der Waals surface area contributed by atoms with E-state index in [0.717, 1.165) is 19.6 Å². The van der Waals surface area contributed by atoms with E-state index >= 15 is 0 Å². The molecule has 0 radical (unpaired) electrons. The largest absolute Gasteiger partial charge is 0.492 e. The van der Waals surface area contributed by atoms with Crippen molar-refractivity contribution in [3.8, 4) is 11.4 Å². The Morgan fingerprint density at radius 2 is 1.80 bits per heavy atom. The molecule has 2 aliphatic rings. The zero-order valence-electron chi connectivity index (χ0n) is 22.0. The third-order valence-electron chi connectivity index (χ3n) is 7.51. The Morgan fingerprint density at radius 1 is 1.02 bits per heavy atom. The quantitative estimate of drug-likeness (QED) is 0.320. The summed E-state index contributed by atoms with van der Waals surface area (Å²) in [6.45, 7) is 3.46. The van der Waals surface area contributed by atoms with Crippen LogP contribution in [0, 0.1) is 5.82 Å². The Hall–Kier alpha value is -3.70. The van der Waals surface area contributed by atoms with Crippen molar-refractivity contribution in [2.24, 2.45) is 7.05 Å². The van der Waals surface area contributed by atoms with Crippen LogP contribution in [0.5, 0.6) is 5.75 Å². The van der Waals surface area contributed by atoms with Crippen molar-refractivity contribution in [2.45, 2.75) is 31.7 Å². The fraction of sp³-hybridized carbons (Fsp3) is 0.345. The van der Waals surface area contributed by atoms with Gasteiger partial charge in [0, 0.05) is 36.2 Å². The SMILES string of the molecule is Cn1c(=O)cc(Nc2ccc(Br)cc2F)c2c(=O)n(C3CC3)c(=O)n(-c3cccc(OCCN4CCCC4)c3)c21. The highest BCUT2D eigenvalue weighted by molar-refractivity contribution is 9.10. The second-order valence-electron chi connectivity index (χ2n) is 10.3. The molecule has 4 aromatic rings. The molecule has 0 atom stereocenters. The predicted octanol–water partition coefficient (Wildman–Crippen LogP) is 4.31. The van der Waals surface area contributed by atoms with Crippen LogP contribution in [0.1, 0.15) is 31.7 Å². The molecule has 40 heavy (non-hydrogen) atoms. The van der Waals surface area contributed by atoms with E-state index in [4.69, 9.17) is 4.74 Å². The van der Waals surface area contributed by atoms with Gasteiger partial charge in [-0.1, -0.05) is 22.0 Å². The second-order valence-corrected chi connectivity index (χ2v) is 11.2. The average molecular weight is 610 g/mol. The minimum Gasteiger partial charge on any atom is -0.492 e. The van der Waals surface area contributed by atoms with Gasteiger partial charge in [-0.25, -0.2) is 13.8 Å². The summed E-state index contributed by atoms with van der Waals surface area (Å²) in [6.07, 6.45) is 3.81. The van der Waals surface area contributed by atoms with Crippen molar-refractivity contribution in [3.63, 3.8) is 0 Å². The number of anilines is 2. The van der Waals surface area contributed by atoms with E-state index in [-0.39, 0.29) is 28.5 Å². The molecule has 0 spiro atoms. The van der Waals surface area contributed by atoms with Gasteiger partial charge in [0.1, 0.15) is 29.2 Å². The maximum Gasteiger partial charge on any atom is 0.337 e. The first-order valence-electron chi connectivity index (χ1n) is 13.4. The van der Waals surface area contributed by atoms with Gasteiger partial charge in [-0.2, -0.15) is 0 Å². The predicted molar refractivity (Wildman–Crippen MR) is 156 cm³/mol. The van der Waals surface area contributed by atoms with Gasteiger partial charge in [-0.3, -0.25) is 23.6 Å². The van der Waals surface area contributed by atoms with Gasteiger partial charge in [0.25, 0.3) is 11.1 Å².